The van der Waals surface area contributed by atoms with Crippen molar-refractivity contribution >= 4 is 39.7 Å². The minimum atomic E-state index is 0.0514. The monoisotopic (exact) mass is 335 g/mol. The molecule has 0 amide bonds. The molecule has 1 fully saturated rings. The molecule has 1 atom stereocenters. The van der Waals surface area contributed by atoms with Gasteiger partial charge < -0.3 is 10.1 Å². The molecule has 1 heterocycles. The number of benzene rings is 1. The summed E-state index contributed by atoms with van der Waals surface area (Å²) in [6, 6.07) is 7.63. The summed E-state index contributed by atoms with van der Waals surface area (Å²) in [5, 5.41) is 12.3. The van der Waals surface area contributed by atoms with E-state index in [1.165, 1.54) is 11.3 Å². The summed E-state index contributed by atoms with van der Waals surface area (Å²) in [5.41, 5.74) is 0.933. The number of hydrogen-bond donors (Lipinski definition) is 1. The Morgan fingerprint density at radius 3 is 2.82 bits per heavy atom. The number of aromatic nitrogens is 2. The Labute approximate surface area is 137 Å². The van der Waals surface area contributed by atoms with Crippen LogP contribution in [-0.2, 0) is 4.79 Å². The molecule has 0 radical (unpaired) electrons. The SMILES string of the molecule is COc1ccc(Nc2nnc(S[C@@H]3CCCCC3=O)s2)cc1. The minimum Gasteiger partial charge on any atom is -0.497 e. The lowest BCUT2D eigenvalue weighted by Crippen LogP contribution is -2.21. The van der Waals surface area contributed by atoms with E-state index in [1.54, 1.807) is 18.9 Å². The number of carbonyl (C=O) groups excluding carboxylic acids is 1. The molecule has 116 valence electrons. The first-order valence-electron chi connectivity index (χ1n) is 7.18. The summed E-state index contributed by atoms with van der Waals surface area (Å²) in [7, 11) is 1.64. The zero-order valence-corrected chi connectivity index (χ0v) is 13.9. The second kappa shape index (κ2) is 7.11. The van der Waals surface area contributed by atoms with Gasteiger partial charge in [0.2, 0.25) is 5.13 Å². The van der Waals surface area contributed by atoms with Crippen molar-refractivity contribution in [2.24, 2.45) is 0 Å². The van der Waals surface area contributed by atoms with Crippen LogP contribution in [0.1, 0.15) is 25.7 Å². The first-order valence-corrected chi connectivity index (χ1v) is 8.88. The summed E-state index contributed by atoms with van der Waals surface area (Å²) in [4.78, 5) is 11.9. The third kappa shape index (κ3) is 3.78. The Morgan fingerprint density at radius 1 is 1.27 bits per heavy atom. The number of rotatable bonds is 5. The lowest BCUT2D eigenvalue weighted by Gasteiger charge is -2.17. The second-order valence-corrected chi connectivity index (χ2v) is 7.47. The largest absolute Gasteiger partial charge is 0.497 e. The highest BCUT2D eigenvalue weighted by atomic mass is 32.2. The van der Waals surface area contributed by atoms with Crippen LogP contribution < -0.4 is 10.1 Å². The van der Waals surface area contributed by atoms with Crippen molar-refractivity contribution in [3.63, 3.8) is 0 Å². The van der Waals surface area contributed by atoms with Gasteiger partial charge in [-0.2, -0.15) is 0 Å². The first-order chi connectivity index (χ1) is 10.7. The van der Waals surface area contributed by atoms with Gasteiger partial charge in [-0.05, 0) is 37.1 Å². The number of ketones is 1. The van der Waals surface area contributed by atoms with Crippen molar-refractivity contribution in [3.8, 4) is 5.75 Å². The van der Waals surface area contributed by atoms with E-state index in [1.807, 2.05) is 24.3 Å². The van der Waals surface area contributed by atoms with Gasteiger partial charge in [-0.15, -0.1) is 10.2 Å². The summed E-state index contributed by atoms with van der Waals surface area (Å²) in [6.07, 6.45) is 3.80. The highest BCUT2D eigenvalue weighted by Gasteiger charge is 2.24. The molecule has 1 aromatic carbocycles. The second-order valence-electron chi connectivity index (χ2n) is 5.05. The van der Waals surface area contributed by atoms with Gasteiger partial charge in [-0.1, -0.05) is 29.5 Å². The maximum absolute atomic E-state index is 11.9. The average Bonchev–Trinajstić information content (AvgIpc) is 2.97. The number of Topliss-reactive ketones (excluding diaryl/α,β-unsaturated/α-hetero) is 1. The minimum absolute atomic E-state index is 0.0514. The fourth-order valence-corrected chi connectivity index (χ4v) is 4.44. The van der Waals surface area contributed by atoms with Gasteiger partial charge in [-0.3, -0.25) is 4.79 Å². The number of carbonyl (C=O) groups is 1. The molecular weight excluding hydrogens is 318 g/mol. The van der Waals surface area contributed by atoms with Gasteiger partial charge in [0, 0.05) is 12.1 Å². The average molecular weight is 335 g/mol. The van der Waals surface area contributed by atoms with Crippen molar-refractivity contribution < 1.29 is 9.53 Å². The zero-order valence-electron chi connectivity index (χ0n) is 12.2. The Bertz CT molecular complexity index is 642. The van der Waals surface area contributed by atoms with Crippen LogP contribution in [0, 0.1) is 0 Å². The molecular formula is C15H17N3O2S2. The molecule has 7 heteroatoms. The third-order valence-electron chi connectivity index (χ3n) is 3.49. The maximum Gasteiger partial charge on any atom is 0.210 e. The molecule has 0 saturated heterocycles. The topological polar surface area (TPSA) is 64.1 Å². The van der Waals surface area contributed by atoms with E-state index in [4.69, 9.17) is 4.74 Å². The van der Waals surface area contributed by atoms with E-state index in [0.717, 1.165) is 40.2 Å². The van der Waals surface area contributed by atoms with Crippen LogP contribution in [0.25, 0.3) is 0 Å². The quantitative estimate of drug-likeness (QED) is 0.894. The Morgan fingerprint density at radius 2 is 2.09 bits per heavy atom. The number of anilines is 2. The van der Waals surface area contributed by atoms with Crippen molar-refractivity contribution in [1.82, 2.24) is 10.2 Å². The molecule has 0 bridgehead atoms. The lowest BCUT2D eigenvalue weighted by molar-refractivity contribution is -0.119. The molecule has 1 aliphatic rings. The highest BCUT2D eigenvalue weighted by molar-refractivity contribution is 8.02. The zero-order chi connectivity index (χ0) is 15.4. The van der Waals surface area contributed by atoms with Crippen molar-refractivity contribution in [3.05, 3.63) is 24.3 Å². The molecule has 1 N–H and O–H groups in total. The van der Waals surface area contributed by atoms with E-state index in [-0.39, 0.29) is 5.25 Å². The van der Waals surface area contributed by atoms with Crippen LogP contribution in [0.3, 0.4) is 0 Å². The lowest BCUT2D eigenvalue weighted by atomic mass is 9.99. The Balaban J connectivity index is 1.61. The molecule has 5 nitrogen and oxygen atoms in total. The molecule has 1 saturated carbocycles. The molecule has 2 aromatic rings. The van der Waals surface area contributed by atoms with Gasteiger partial charge in [0.25, 0.3) is 0 Å². The Hall–Kier alpha value is -1.60. The molecule has 22 heavy (non-hydrogen) atoms. The van der Waals surface area contributed by atoms with E-state index >= 15 is 0 Å². The molecule has 3 rings (SSSR count). The van der Waals surface area contributed by atoms with Crippen molar-refractivity contribution in [1.29, 1.82) is 0 Å². The molecule has 0 spiro atoms. The third-order valence-corrected chi connectivity index (χ3v) is 5.73. The predicted octanol–water partition coefficient (Wildman–Crippen LogP) is 3.89. The number of ether oxygens (including phenoxy) is 1. The summed E-state index contributed by atoms with van der Waals surface area (Å²) < 4.78 is 5.97. The Kier molecular flexibility index (Phi) is 4.94. The predicted molar refractivity (Wildman–Crippen MR) is 89.3 cm³/mol. The number of thioether (sulfide) groups is 1. The van der Waals surface area contributed by atoms with E-state index < -0.39 is 0 Å². The number of hydrogen-bond acceptors (Lipinski definition) is 7. The van der Waals surface area contributed by atoms with Gasteiger partial charge >= 0.3 is 0 Å². The van der Waals surface area contributed by atoms with Crippen LogP contribution in [0.2, 0.25) is 0 Å². The number of methoxy groups -OCH3 is 1. The van der Waals surface area contributed by atoms with Crippen LogP contribution in [-0.4, -0.2) is 28.3 Å². The number of nitrogens with one attached hydrogen (secondary N) is 1. The fraction of sp³-hybridized carbons (Fsp3) is 0.400. The standard InChI is InChI=1S/C15H17N3O2S2/c1-20-11-8-6-10(7-9-11)16-14-17-18-15(22-14)21-13-5-3-2-4-12(13)19/h6-9,13H,2-5H2,1H3,(H,16,17)/t13-/m1/s1. The molecule has 1 aromatic heterocycles. The fourth-order valence-electron chi connectivity index (χ4n) is 2.30. The molecule has 0 aliphatic heterocycles. The van der Waals surface area contributed by atoms with Crippen LogP contribution in [0.15, 0.2) is 28.6 Å². The molecule has 0 unspecified atom stereocenters. The molecule has 1 aliphatic carbocycles. The van der Waals surface area contributed by atoms with Crippen molar-refractivity contribution in [2.75, 3.05) is 12.4 Å². The van der Waals surface area contributed by atoms with Crippen LogP contribution in [0.4, 0.5) is 10.8 Å². The maximum atomic E-state index is 11.9. The summed E-state index contributed by atoms with van der Waals surface area (Å²) >= 11 is 3.02. The first kappa shape index (κ1) is 15.3. The van der Waals surface area contributed by atoms with E-state index in [2.05, 4.69) is 15.5 Å². The van der Waals surface area contributed by atoms with Gasteiger partial charge in [0.05, 0.1) is 12.4 Å². The summed E-state index contributed by atoms with van der Waals surface area (Å²) in [6.45, 7) is 0. The summed E-state index contributed by atoms with van der Waals surface area (Å²) in [5.74, 6) is 1.16. The van der Waals surface area contributed by atoms with Crippen LogP contribution >= 0.6 is 23.1 Å². The van der Waals surface area contributed by atoms with E-state index in [9.17, 15) is 4.79 Å². The van der Waals surface area contributed by atoms with Crippen molar-refractivity contribution in [2.45, 2.75) is 35.3 Å². The van der Waals surface area contributed by atoms with Gasteiger partial charge in [-0.25, -0.2) is 0 Å². The van der Waals surface area contributed by atoms with Crippen LogP contribution in [0.5, 0.6) is 5.75 Å². The van der Waals surface area contributed by atoms with Gasteiger partial charge in [0.1, 0.15) is 11.5 Å². The van der Waals surface area contributed by atoms with E-state index in [0.29, 0.717) is 12.2 Å². The highest BCUT2D eigenvalue weighted by Crippen LogP contribution is 2.35. The smallest absolute Gasteiger partial charge is 0.210 e. The normalized spacial score (nSPS) is 18.2. The van der Waals surface area contributed by atoms with Gasteiger partial charge in [0.15, 0.2) is 4.34 Å². The number of nitrogens with zero attached hydrogens (tertiary/aromatic N) is 2.